The molecule has 224 valence electrons. The summed E-state index contributed by atoms with van der Waals surface area (Å²) in [7, 11) is 1.53. The van der Waals surface area contributed by atoms with Crippen LogP contribution in [0.2, 0.25) is 0 Å². The van der Waals surface area contributed by atoms with Crippen LogP contribution in [-0.2, 0) is 33.9 Å². The maximum Gasteiger partial charge on any atom is 0.410 e. The highest BCUT2D eigenvalue weighted by Gasteiger charge is 2.46. The van der Waals surface area contributed by atoms with Gasteiger partial charge in [-0.3, -0.25) is 4.79 Å². The van der Waals surface area contributed by atoms with Crippen molar-refractivity contribution in [3.8, 4) is 0 Å². The molecule has 2 fully saturated rings. The van der Waals surface area contributed by atoms with E-state index in [-0.39, 0.29) is 49.0 Å². The van der Waals surface area contributed by atoms with Gasteiger partial charge < -0.3 is 19.1 Å². The van der Waals surface area contributed by atoms with E-state index in [1.165, 1.54) is 11.9 Å². The number of fused-ring (bicyclic) bond motifs is 2. The van der Waals surface area contributed by atoms with Crippen LogP contribution in [-0.4, -0.2) is 62.8 Å². The summed E-state index contributed by atoms with van der Waals surface area (Å²) < 4.78 is 63.1. The Hall–Kier alpha value is -2.76. The van der Waals surface area contributed by atoms with Crippen LogP contribution in [0.1, 0.15) is 57.6 Å². The molecule has 0 aliphatic carbocycles. The summed E-state index contributed by atoms with van der Waals surface area (Å²) in [5.41, 5.74) is 0.855. The number of nitrogens with one attached hydrogen (secondary N) is 1. The van der Waals surface area contributed by atoms with E-state index in [2.05, 4.69) is 4.72 Å². The highest BCUT2D eigenvalue weighted by molar-refractivity contribution is 7.90. The van der Waals surface area contributed by atoms with Gasteiger partial charge >= 0.3 is 6.09 Å². The number of ether oxygens (including phenoxy) is 1. The Bertz CT molecular complexity index is 1220. The number of carbonyl (C=O) groups excluding carboxylic acids is 2. The zero-order valence-corrected chi connectivity index (χ0v) is 24.7. The molecular weight excluding hydrogens is 555 g/mol. The first kappa shape index (κ1) is 31.2. The number of rotatable bonds is 9. The van der Waals surface area contributed by atoms with Crippen molar-refractivity contribution < 1.29 is 32.0 Å². The number of likely N-dealkylation sites (N-methyl/N-ethyl adjacent to an activating group) is 1. The van der Waals surface area contributed by atoms with Crippen LogP contribution in [0, 0.1) is 23.4 Å². The standard InChI is InChI=1S/C30H38F3N3O4S/c1-30(2,3)41(39)34-27(15-20-14-25(32)26(33)16-24(20)31)21-12-22-10-11-23(13-21)36(22)28(37)17-35(4)29(38)40-18-19-8-6-5-7-9-19/h5-9,14,16,21-23,27,34H,10-13,15,17-18H2,1-4H3/t21-,22-,23+,27-,41?/m1/s1. The normalized spacial score (nSPS) is 21.9. The molecule has 41 heavy (non-hydrogen) atoms. The quantitative estimate of drug-likeness (QED) is 0.323. The maximum absolute atomic E-state index is 14.6. The number of piperidine rings is 1. The Morgan fingerprint density at radius 1 is 1.07 bits per heavy atom. The summed E-state index contributed by atoms with van der Waals surface area (Å²) in [6.07, 6.45) is 2.15. The van der Waals surface area contributed by atoms with Crippen LogP contribution in [0.15, 0.2) is 42.5 Å². The summed E-state index contributed by atoms with van der Waals surface area (Å²) in [5, 5.41) is 0. The Morgan fingerprint density at radius 3 is 2.29 bits per heavy atom. The first-order valence-corrected chi connectivity index (χ1v) is 15.0. The van der Waals surface area contributed by atoms with E-state index >= 15 is 0 Å². The predicted molar refractivity (Wildman–Crippen MR) is 150 cm³/mol. The van der Waals surface area contributed by atoms with Crippen LogP contribution in [0.4, 0.5) is 18.0 Å². The van der Waals surface area contributed by atoms with Crippen LogP contribution in [0.3, 0.4) is 0 Å². The molecule has 2 aromatic carbocycles. The molecule has 5 atom stereocenters. The summed E-state index contributed by atoms with van der Waals surface area (Å²) in [6, 6.07) is 10.00. The zero-order valence-electron chi connectivity index (χ0n) is 23.9. The summed E-state index contributed by atoms with van der Waals surface area (Å²) in [6.45, 7) is 5.44. The van der Waals surface area contributed by atoms with Gasteiger partial charge in [0.15, 0.2) is 11.6 Å². The third-order valence-electron chi connectivity index (χ3n) is 7.86. The SMILES string of the molecule is CN(CC(=O)N1[C@@H]2CC[C@H]1C[C@H]([C@@H](Cc1cc(F)c(F)cc1F)N[S+]([O-])C(C)(C)C)C2)C(=O)OCc1ccccc1. The molecule has 2 amide bonds. The largest absolute Gasteiger partial charge is 0.598 e. The minimum absolute atomic E-state index is 0.00815. The summed E-state index contributed by atoms with van der Waals surface area (Å²) >= 11 is -1.49. The maximum atomic E-state index is 14.6. The van der Waals surface area contributed by atoms with Crippen molar-refractivity contribution in [2.24, 2.45) is 5.92 Å². The van der Waals surface area contributed by atoms with Gasteiger partial charge in [-0.2, -0.15) is 0 Å². The summed E-state index contributed by atoms with van der Waals surface area (Å²) in [4.78, 5) is 28.9. The van der Waals surface area contributed by atoms with Crippen molar-refractivity contribution >= 4 is 23.4 Å². The minimum atomic E-state index is -1.49. The fraction of sp³-hybridized carbons (Fsp3) is 0.533. The highest BCUT2D eigenvalue weighted by Crippen LogP contribution is 2.41. The lowest BCUT2D eigenvalue weighted by Crippen LogP contribution is -2.55. The Balaban J connectivity index is 1.42. The van der Waals surface area contributed by atoms with Crippen molar-refractivity contribution in [1.82, 2.24) is 14.5 Å². The number of hydrogen-bond donors (Lipinski definition) is 1. The first-order valence-electron chi connectivity index (χ1n) is 13.9. The second kappa shape index (κ2) is 13.0. The molecule has 1 N–H and O–H groups in total. The second-order valence-electron chi connectivity index (χ2n) is 12.0. The van der Waals surface area contributed by atoms with Gasteiger partial charge in [0.25, 0.3) is 0 Å². The van der Waals surface area contributed by atoms with E-state index in [0.29, 0.717) is 18.9 Å². The fourth-order valence-corrected chi connectivity index (χ4v) is 6.61. The molecule has 0 spiro atoms. The molecule has 0 saturated carbocycles. The van der Waals surface area contributed by atoms with Crippen molar-refractivity contribution in [3.63, 3.8) is 0 Å². The molecule has 2 saturated heterocycles. The number of carbonyl (C=O) groups is 2. The van der Waals surface area contributed by atoms with Crippen molar-refractivity contribution in [3.05, 3.63) is 71.0 Å². The summed E-state index contributed by atoms with van der Waals surface area (Å²) in [5.74, 6) is -3.50. The lowest BCUT2D eigenvalue weighted by Gasteiger charge is -2.42. The molecule has 2 aromatic rings. The van der Waals surface area contributed by atoms with Crippen molar-refractivity contribution in [2.75, 3.05) is 13.6 Å². The van der Waals surface area contributed by atoms with E-state index in [0.717, 1.165) is 24.5 Å². The van der Waals surface area contributed by atoms with Crippen LogP contribution in [0.5, 0.6) is 0 Å². The van der Waals surface area contributed by atoms with E-state index in [1.807, 2.05) is 56.0 Å². The topological polar surface area (TPSA) is 84.9 Å². The second-order valence-corrected chi connectivity index (χ2v) is 14.0. The van der Waals surface area contributed by atoms with Gasteiger partial charge in [-0.1, -0.05) is 30.3 Å². The van der Waals surface area contributed by atoms with Gasteiger partial charge in [0.1, 0.15) is 23.7 Å². The van der Waals surface area contributed by atoms with Crippen molar-refractivity contribution in [2.45, 2.75) is 82.4 Å². The molecule has 1 unspecified atom stereocenters. The number of hydrogen-bond acceptors (Lipinski definition) is 5. The van der Waals surface area contributed by atoms with E-state index in [1.54, 1.807) is 0 Å². The van der Waals surface area contributed by atoms with E-state index in [4.69, 9.17) is 4.74 Å². The van der Waals surface area contributed by atoms with Crippen LogP contribution >= 0.6 is 0 Å². The predicted octanol–water partition coefficient (Wildman–Crippen LogP) is 5.11. The molecule has 7 nitrogen and oxygen atoms in total. The highest BCUT2D eigenvalue weighted by atomic mass is 32.2. The van der Waals surface area contributed by atoms with Gasteiger partial charge in [-0.15, -0.1) is 4.72 Å². The van der Waals surface area contributed by atoms with Crippen LogP contribution < -0.4 is 4.72 Å². The molecule has 2 aliphatic heterocycles. The van der Waals surface area contributed by atoms with Crippen molar-refractivity contribution in [1.29, 1.82) is 0 Å². The average molecular weight is 594 g/mol. The molecule has 11 heteroatoms. The average Bonchev–Trinajstić information content (AvgIpc) is 3.19. The van der Waals surface area contributed by atoms with Gasteiger partial charge in [0.2, 0.25) is 5.91 Å². The third-order valence-corrected chi connectivity index (χ3v) is 9.49. The lowest BCUT2D eigenvalue weighted by atomic mass is 9.82. The first-order chi connectivity index (χ1) is 19.3. The Kier molecular flexibility index (Phi) is 9.92. The molecule has 2 bridgehead atoms. The third kappa shape index (κ3) is 7.75. The fourth-order valence-electron chi connectivity index (χ4n) is 5.71. The Labute approximate surface area is 242 Å². The van der Waals surface area contributed by atoms with Gasteiger partial charge in [0, 0.05) is 36.6 Å². The molecule has 2 heterocycles. The van der Waals surface area contributed by atoms with Crippen LogP contribution in [0.25, 0.3) is 0 Å². The number of benzene rings is 2. The molecule has 0 aromatic heterocycles. The van der Waals surface area contributed by atoms with Gasteiger partial charge in [-0.25, -0.2) is 18.0 Å². The number of nitrogens with zero attached hydrogens (tertiary/aromatic N) is 2. The minimum Gasteiger partial charge on any atom is -0.598 e. The van der Waals surface area contributed by atoms with Gasteiger partial charge in [0.05, 0.1) is 6.04 Å². The number of halogens is 3. The number of amides is 2. The van der Waals surface area contributed by atoms with E-state index < -0.39 is 45.7 Å². The molecule has 2 aliphatic rings. The Morgan fingerprint density at radius 2 is 1.68 bits per heavy atom. The molecule has 4 rings (SSSR count). The molecular formula is C30H38F3N3O4S. The zero-order chi connectivity index (χ0) is 29.9. The van der Waals surface area contributed by atoms with E-state index in [9.17, 15) is 27.3 Å². The lowest BCUT2D eigenvalue weighted by molar-refractivity contribution is -0.137. The monoisotopic (exact) mass is 593 g/mol. The van der Waals surface area contributed by atoms with Gasteiger partial charge in [-0.05, 0) is 76.0 Å². The smallest absolute Gasteiger partial charge is 0.410 e. The molecule has 0 radical (unpaired) electrons.